The van der Waals surface area contributed by atoms with Gasteiger partial charge in [0.05, 0.1) is 5.33 Å². The molecule has 0 aromatic heterocycles. The van der Waals surface area contributed by atoms with Crippen LogP contribution >= 0.6 is 15.9 Å². The van der Waals surface area contributed by atoms with Gasteiger partial charge in [0.2, 0.25) is 0 Å². The summed E-state index contributed by atoms with van der Waals surface area (Å²) in [6.07, 6.45) is 2.08. The van der Waals surface area contributed by atoms with Crippen LogP contribution < -0.4 is 0 Å². The molecule has 1 nitrogen and oxygen atoms in total. The average Bonchev–Trinajstić information content (AvgIpc) is 1.68. The van der Waals surface area contributed by atoms with E-state index in [9.17, 15) is 4.79 Å². The van der Waals surface area contributed by atoms with Gasteiger partial charge in [-0.3, -0.25) is 4.79 Å². The molecular formula is C5H7BrO. The predicted molar refractivity (Wildman–Crippen MR) is 33.6 cm³/mol. The number of halogens is 1. The van der Waals surface area contributed by atoms with Gasteiger partial charge in [0, 0.05) is 6.42 Å². The summed E-state index contributed by atoms with van der Waals surface area (Å²) in [7, 11) is 0. The summed E-state index contributed by atoms with van der Waals surface area (Å²) in [6, 6.07) is 0. The molecule has 0 spiro atoms. The molecule has 0 atom stereocenters. The van der Waals surface area contributed by atoms with E-state index < -0.39 is 0 Å². The Labute approximate surface area is 51.5 Å². The van der Waals surface area contributed by atoms with Gasteiger partial charge < -0.3 is 0 Å². The van der Waals surface area contributed by atoms with E-state index in [1.165, 1.54) is 0 Å². The molecule has 40 valence electrons. The fraction of sp³-hybridized carbons (Fsp3) is 0.400. The number of alkyl halides is 1. The first kappa shape index (κ1) is 6.89. The largest absolute Gasteiger partial charge is 0.298 e. The molecule has 0 heterocycles. The molecule has 2 heteroatoms. The third-order valence-electron chi connectivity index (χ3n) is 0.521. The van der Waals surface area contributed by atoms with Crippen molar-refractivity contribution in [2.75, 3.05) is 5.33 Å². The van der Waals surface area contributed by atoms with E-state index >= 15 is 0 Å². The van der Waals surface area contributed by atoms with Crippen molar-refractivity contribution in [2.45, 2.75) is 6.42 Å². The third-order valence-corrected chi connectivity index (χ3v) is 1.15. The van der Waals surface area contributed by atoms with Gasteiger partial charge in [-0.25, -0.2) is 0 Å². The monoisotopic (exact) mass is 162 g/mol. The van der Waals surface area contributed by atoms with E-state index in [-0.39, 0.29) is 5.78 Å². The van der Waals surface area contributed by atoms with Crippen LogP contribution in [-0.4, -0.2) is 11.1 Å². The van der Waals surface area contributed by atoms with Crippen LogP contribution in [0.4, 0.5) is 0 Å². The minimum absolute atomic E-state index is 0.176. The van der Waals surface area contributed by atoms with Crippen molar-refractivity contribution in [1.82, 2.24) is 0 Å². The Morgan fingerprint density at radius 2 is 2.43 bits per heavy atom. The van der Waals surface area contributed by atoms with Crippen LogP contribution in [0.2, 0.25) is 0 Å². The summed E-state index contributed by atoms with van der Waals surface area (Å²) >= 11 is 3.02. The highest BCUT2D eigenvalue weighted by Gasteiger charge is 1.90. The molecule has 0 amide bonds. The maximum Gasteiger partial charge on any atom is 0.147 e. The third kappa shape index (κ3) is 3.73. The molecule has 0 aliphatic carbocycles. The number of ketones is 1. The highest BCUT2D eigenvalue weighted by Crippen LogP contribution is 1.87. The lowest BCUT2D eigenvalue weighted by atomic mass is 10.3. The Morgan fingerprint density at radius 3 is 2.57 bits per heavy atom. The van der Waals surface area contributed by atoms with Crippen molar-refractivity contribution < 1.29 is 4.79 Å². The van der Waals surface area contributed by atoms with Crippen molar-refractivity contribution in [3.63, 3.8) is 0 Å². The standard InChI is InChI=1S/C5H7BrO/c1-2-3-5(7)4-6/h2H,1,3-4H2. The molecule has 0 aromatic carbocycles. The molecule has 0 aliphatic heterocycles. The van der Waals surface area contributed by atoms with Crippen molar-refractivity contribution in [3.05, 3.63) is 12.7 Å². The van der Waals surface area contributed by atoms with Crippen molar-refractivity contribution in [3.8, 4) is 0 Å². The number of hydrogen-bond acceptors (Lipinski definition) is 1. The Hall–Kier alpha value is -0.110. The molecule has 0 N–H and O–H groups in total. The molecule has 0 aliphatic rings. The summed E-state index contributed by atoms with van der Waals surface area (Å²) in [5.74, 6) is 0.176. The van der Waals surface area contributed by atoms with E-state index in [0.29, 0.717) is 11.8 Å². The van der Waals surface area contributed by atoms with Gasteiger partial charge >= 0.3 is 0 Å². The van der Waals surface area contributed by atoms with Crippen LogP contribution in [0, 0.1) is 0 Å². The summed E-state index contributed by atoms with van der Waals surface area (Å²) in [4.78, 5) is 10.3. The van der Waals surface area contributed by atoms with Gasteiger partial charge in [-0.1, -0.05) is 22.0 Å². The van der Waals surface area contributed by atoms with Crippen molar-refractivity contribution >= 4 is 21.7 Å². The van der Waals surface area contributed by atoms with Crippen LogP contribution in [0.15, 0.2) is 12.7 Å². The smallest absolute Gasteiger partial charge is 0.147 e. The lowest BCUT2D eigenvalue weighted by Gasteiger charge is -1.82. The Morgan fingerprint density at radius 1 is 1.86 bits per heavy atom. The first-order valence-electron chi connectivity index (χ1n) is 1.99. The maximum absolute atomic E-state index is 10.3. The topological polar surface area (TPSA) is 17.1 Å². The van der Waals surface area contributed by atoms with Crippen LogP contribution in [0.3, 0.4) is 0 Å². The molecule has 0 aromatic rings. The lowest BCUT2D eigenvalue weighted by molar-refractivity contribution is -0.115. The quantitative estimate of drug-likeness (QED) is 0.455. The van der Waals surface area contributed by atoms with Gasteiger partial charge in [-0.2, -0.15) is 0 Å². The van der Waals surface area contributed by atoms with Crippen LogP contribution in [0.5, 0.6) is 0 Å². The van der Waals surface area contributed by atoms with Crippen molar-refractivity contribution in [2.24, 2.45) is 0 Å². The molecule has 0 unspecified atom stereocenters. The Kier molecular flexibility index (Phi) is 4.00. The number of Topliss-reactive ketones (excluding diaryl/α,β-unsaturated/α-hetero) is 1. The number of carbonyl (C=O) groups excluding carboxylic acids is 1. The van der Waals surface area contributed by atoms with Crippen molar-refractivity contribution in [1.29, 1.82) is 0 Å². The normalized spacial score (nSPS) is 8.14. The number of allylic oxidation sites excluding steroid dienone is 1. The first-order chi connectivity index (χ1) is 3.31. The highest BCUT2D eigenvalue weighted by atomic mass is 79.9. The molecule has 0 bridgehead atoms. The van der Waals surface area contributed by atoms with E-state index in [2.05, 4.69) is 22.5 Å². The number of hydrogen-bond donors (Lipinski definition) is 0. The van der Waals surface area contributed by atoms with E-state index in [1.54, 1.807) is 6.08 Å². The summed E-state index contributed by atoms with van der Waals surface area (Å²) in [5, 5.41) is 0.443. The van der Waals surface area contributed by atoms with Crippen LogP contribution in [0.1, 0.15) is 6.42 Å². The van der Waals surface area contributed by atoms with Gasteiger partial charge in [0.15, 0.2) is 0 Å². The van der Waals surface area contributed by atoms with Gasteiger partial charge in [-0.05, 0) is 0 Å². The first-order valence-corrected chi connectivity index (χ1v) is 3.12. The van der Waals surface area contributed by atoms with Crippen LogP contribution in [-0.2, 0) is 4.79 Å². The average molecular weight is 163 g/mol. The maximum atomic E-state index is 10.3. The van der Waals surface area contributed by atoms with E-state index in [1.807, 2.05) is 0 Å². The Bertz CT molecular complexity index is 78.1. The number of rotatable bonds is 3. The predicted octanol–water partition coefficient (Wildman–Crippen LogP) is 1.53. The molecule has 0 saturated heterocycles. The van der Waals surface area contributed by atoms with Gasteiger partial charge in [0.1, 0.15) is 5.78 Å². The molecule has 7 heavy (non-hydrogen) atoms. The van der Waals surface area contributed by atoms with Gasteiger partial charge in [0.25, 0.3) is 0 Å². The van der Waals surface area contributed by atoms with E-state index in [0.717, 1.165) is 0 Å². The fourth-order valence-electron chi connectivity index (χ4n) is 0.216. The summed E-state index contributed by atoms with van der Waals surface area (Å²) < 4.78 is 0. The summed E-state index contributed by atoms with van der Waals surface area (Å²) in [6.45, 7) is 3.41. The molecule has 0 saturated carbocycles. The second kappa shape index (κ2) is 4.06. The van der Waals surface area contributed by atoms with Gasteiger partial charge in [-0.15, -0.1) is 6.58 Å². The second-order valence-corrected chi connectivity index (χ2v) is 1.73. The summed E-state index contributed by atoms with van der Waals surface area (Å²) in [5.41, 5.74) is 0. The van der Waals surface area contributed by atoms with Crippen LogP contribution in [0.25, 0.3) is 0 Å². The molecule has 0 radical (unpaired) electrons. The zero-order chi connectivity index (χ0) is 5.70. The lowest BCUT2D eigenvalue weighted by Crippen LogP contribution is -1.94. The SMILES string of the molecule is C=CCC(=O)CBr. The Balaban J connectivity index is 3.17. The minimum atomic E-state index is 0.176. The molecule has 0 rings (SSSR count). The molecule has 0 fully saturated rings. The zero-order valence-corrected chi connectivity index (χ0v) is 5.57. The second-order valence-electron chi connectivity index (χ2n) is 1.17. The zero-order valence-electron chi connectivity index (χ0n) is 3.98. The van der Waals surface area contributed by atoms with E-state index in [4.69, 9.17) is 0 Å². The minimum Gasteiger partial charge on any atom is -0.298 e. The number of carbonyl (C=O) groups is 1. The molecular weight excluding hydrogens is 156 g/mol. The highest BCUT2D eigenvalue weighted by molar-refractivity contribution is 9.09. The fourth-order valence-corrected chi connectivity index (χ4v) is 0.444.